The van der Waals surface area contributed by atoms with Crippen LogP contribution >= 0.6 is 0 Å². The van der Waals surface area contributed by atoms with Crippen molar-refractivity contribution in [1.82, 2.24) is 5.32 Å². The monoisotopic (exact) mass is 535 g/mol. The van der Waals surface area contributed by atoms with Crippen molar-refractivity contribution < 1.29 is 29.3 Å². The summed E-state index contributed by atoms with van der Waals surface area (Å²) in [6.07, 6.45) is -5.08. The van der Waals surface area contributed by atoms with Crippen molar-refractivity contribution in [3.8, 4) is 17.4 Å². The number of carbonyl (C=O) groups excluding carboxylic acids is 1. The van der Waals surface area contributed by atoms with Crippen molar-refractivity contribution >= 4 is 27.9 Å². The van der Waals surface area contributed by atoms with E-state index in [1.54, 1.807) is 19.1 Å². The molecule has 0 radical (unpaired) electrons. The molecule has 0 aliphatic carbocycles. The van der Waals surface area contributed by atoms with Gasteiger partial charge in [0.1, 0.15) is 41.5 Å². The highest BCUT2D eigenvalue weighted by atomic mass is 16.5. The highest BCUT2D eigenvalue weighted by molar-refractivity contribution is 6.04. The summed E-state index contributed by atoms with van der Waals surface area (Å²) in [7, 11) is 1.31. The average Bonchev–Trinajstić information content (AvgIpc) is 3.44. The lowest BCUT2D eigenvalue weighted by Crippen LogP contribution is -2.49. The maximum absolute atomic E-state index is 12.8. The van der Waals surface area contributed by atoms with Gasteiger partial charge in [-0.3, -0.25) is 4.79 Å². The van der Waals surface area contributed by atoms with E-state index < -0.39 is 30.3 Å². The third-order valence-corrected chi connectivity index (χ3v) is 6.92. The number of ether oxygens (including phenoxy) is 1. The summed E-state index contributed by atoms with van der Waals surface area (Å²) >= 11 is 0. The summed E-state index contributed by atoms with van der Waals surface area (Å²) in [6.45, 7) is 8.91. The van der Waals surface area contributed by atoms with Crippen LogP contribution in [0.3, 0.4) is 0 Å². The Hall–Kier alpha value is -3.68. The number of hydrogen-bond donors (Lipinski definition) is 4. The topological polar surface area (TPSA) is 139 Å². The van der Waals surface area contributed by atoms with Crippen molar-refractivity contribution in [1.29, 1.82) is 5.26 Å². The molecule has 4 atom stereocenters. The van der Waals surface area contributed by atoms with Crippen LogP contribution in [0.5, 0.6) is 0 Å². The first-order valence-electron chi connectivity index (χ1n) is 13.0. The normalized spacial score (nSPS) is 15.2. The molecule has 0 bridgehead atoms. The summed E-state index contributed by atoms with van der Waals surface area (Å²) < 4.78 is 11.2. The zero-order valence-electron chi connectivity index (χ0n) is 23.0. The zero-order chi connectivity index (χ0) is 28.7. The van der Waals surface area contributed by atoms with Crippen LogP contribution in [0.15, 0.2) is 58.5 Å². The van der Waals surface area contributed by atoms with Gasteiger partial charge in [0.05, 0.1) is 6.10 Å². The van der Waals surface area contributed by atoms with Gasteiger partial charge in [0.15, 0.2) is 0 Å². The summed E-state index contributed by atoms with van der Waals surface area (Å²) in [5.41, 5.74) is 2.24. The highest BCUT2D eigenvalue weighted by Crippen LogP contribution is 2.31. The van der Waals surface area contributed by atoms with Crippen molar-refractivity contribution in [2.24, 2.45) is 0 Å². The Kier molecular flexibility index (Phi) is 10.3. The second-order valence-electron chi connectivity index (χ2n) is 9.40. The van der Waals surface area contributed by atoms with Crippen LogP contribution in [0.4, 0.5) is 5.69 Å². The molecule has 0 spiro atoms. The van der Waals surface area contributed by atoms with Gasteiger partial charge in [0.25, 0.3) is 5.91 Å². The van der Waals surface area contributed by atoms with Gasteiger partial charge in [-0.1, -0.05) is 18.2 Å². The number of anilines is 1. The van der Waals surface area contributed by atoms with Crippen molar-refractivity contribution in [3.05, 3.63) is 59.9 Å². The number of aliphatic hydroxyl groups excluding tert-OH is 3. The van der Waals surface area contributed by atoms with E-state index in [9.17, 15) is 25.4 Å². The molecule has 0 aliphatic heterocycles. The lowest BCUT2D eigenvalue weighted by molar-refractivity contribution is -0.122. The van der Waals surface area contributed by atoms with E-state index in [4.69, 9.17) is 9.15 Å². The molecule has 9 heteroatoms. The van der Waals surface area contributed by atoms with Crippen molar-refractivity contribution in [2.45, 2.75) is 52.1 Å². The van der Waals surface area contributed by atoms with E-state index in [-0.39, 0.29) is 12.1 Å². The zero-order valence-corrected chi connectivity index (χ0v) is 23.0. The van der Waals surface area contributed by atoms with Gasteiger partial charge in [-0.05, 0) is 68.8 Å². The second kappa shape index (κ2) is 13.4. The van der Waals surface area contributed by atoms with Gasteiger partial charge in [-0.15, -0.1) is 0 Å². The number of nitrogens with zero attached hydrogens (tertiary/aromatic N) is 2. The minimum Gasteiger partial charge on any atom is -0.456 e. The molecule has 3 aromatic rings. The molecule has 0 saturated heterocycles. The van der Waals surface area contributed by atoms with Crippen LogP contribution in [0.25, 0.3) is 27.7 Å². The third kappa shape index (κ3) is 6.85. The summed E-state index contributed by atoms with van der Waals surface area (Å²) in [5.74, 6) is 0.302. The fourth-order valence-electron chi connectivity index (χ4n) is 4.43. The lowest BCUT2D eigenvalue weighted by Gasteiger charge is -2.27. The molecule has 0 fully saturated rings. The number of fused-ring (bicyclic) bond motifs is 1. The summed E-state index contributed by atoms with van der Waals surface area (Å²) in [6, 6.07) is 17.9. The number of rotatable bonds is 12. The smallest absolute Gasteiger partial charge is 0.262 e. The van der Waals surface area contributed by atoms with Crippen LogP contribution < -0.4 is 10.2 Å². The van der Waals surface area contributed by atoms with E-state index in [2.05, 4.69) is 42.3 Å². The minimum absolute atomic E-state index is 0.154. The molecule has 0 unspecified atom stereocenters. The SMILES string of the molecule is CCN(CC)c1ccc2cc(-c3ccc(/C(C)=C(\C#N)C(=O)NC[C@@H](OC)[C@@H](O)[C@H](O)[C@H](C)O)o3)ccc2c1. The van der Waals surface area contributed by atoms with Gasteiger partial charge >= 0.3 is 0 Å². The molecule has 39 heavy (non-hydrogen) atoms. The molecule has 1 heterocycles. The van der Waals surface area contributed by atoms with E-state index in [0.29, 0.717) is 17.1 Å². The number of nitrogens with one attached hydrogen (secondary N) is 1. The number of carbonyl (C=O) groups is 1. The largest absolute Gasteiger partial charge is 0.456 e. The van der Waals surface area contributed by atoms with Crippen LogP contribution in [-0.4, -0.2) is 72.4 Å². The molecule has 9 nitrogen and oxygen atoms in total. The Balaban J connectivity index is 1.79. The minimum atomic E-state index is -1.46. The maximum Gasteiger partial charge on any atom is 0.262 e. The number of aliphatic hydroxyl groups is 3. The van der Waals surface area contributed by atoms with E-state index in [1.807, 2.05) is 24.3 Å². The molecule has 4 N–H and O–H groups in total. The fourth-order valence-corrected chi connectivity index (χ4v) is 4.43. The van der Waals surface area contributed by atoms with Crippen LogP contribution in [0.1, 0.15) is 33.5 Å². The van der Waals surface area contributed by atoms with E-state index in [1.165, 1.54) is 19.7 Å². The molecular weight excluding hydrogens is 498 g/mol. The van der Waals surface area contributed by atoms with Crippen LogP contribution in [0, 0.1) is 11.3 Å². The number of benzene rings is 2. The average molecular weight is 536 g/mol. The molecule has 3 rings (SSSR count). The van der Waals surface area contributed by atoms with Gasteiger partial charge in [0.2, 0.25) is 0 Å². The Morgan fingerprint density at radius 1 is 1.05 bits per heavy atom. The number of methoxy groups -OCH3 is 1. The first-order chi connectivity index (χ1) is 18.6. The lowest BCUT2D eigenvalue weighted by atomic mass is 10.0. The molecule has 1 aromatic heterocycles. The Morgan fingerprint density at radius 2 is 1.72 bits per heavy atom. The maximum atomic E-state index is 12.8. The molecular formula is C30H37N3O6. The number of hydrogen-bond acceptors (Lipinski definition) is 8. The fraction of sp³-hybridized carbons (Fsp3) is 0.400. The van der Waals surface area contributed by atoms with E-state index in [0.717, 1.165) is 29.4 Å². The Labute approximate surface area is 228 Å². The number of nitriles is 1. The molecule has 208 valence electrons. The predicted molar refractivity (Wildman–Crippen MR) is 151 cm³/mol. The third-order valence-electron chi connectivity index (χ3n) is 6.92. The Morgan fingerprint density at radius 3 is 2.33 bits per heavy atom. The molecule has 2 aromatic carbocycles. The standard InChI is InChI=1S/C30H37N3O6/c1-6-33(7-2)23-11-10-20-14-22(9-8-21(20)15-23)26-13-12-25(39-26)18(3)24(16-31)30(37)32-17-27(38-5)29(36)28(35)19(4)34/h8-15,19,27-29,34-36H,6-7,17H2,1-5H3,(H,32,37)/b24-18+/t19-,27+,28+,29+/m0/s1. The molecule has 0 aliphatic rings. The van der Waals surface area contributed by atoms with E-state index >= 15 is 0 Å². The Bertz CT molecular complexity index is 1350. The van der Waals surface area contributed by atoms with Crippen LogP contribution in [0.2, 0.25) is 0 Å². The molecule has 1 amide bonds. The summed E-state index contributed by atoms with van der Waals surface area (Å²) in [5, 5.41) is 44.0. The van der Waals surface area contributed by atoms with Crippen molar-refractivity contribution in [2.75, 3.05) is 31.6 Å². The first-order valence-corrected chi connectivity index (χ1v) is 13.0. The first kappa shape index (κ1) is 29.9. The van der Waals surface area contributed by atoms with Gasteiger partial charge < -0.3 is 34.7 Å². The van der Waals surface area contributed by atoms with Gasteiger partial charge in [-0.25, -0.2) is 0 Å². The molecule has 0 saturated carbocycles. The quantitative estimate of drug-likeness (QED) is 0.204. The van der Waals surface area contributed by atoms with Gasteiger partial charge in [-0.2, -0.15) is 5.26 Å². The van der Waals surface area contributed by atoms with Crippen LogP contribution in [-0.2, 0) is 9.53 Å². The van der Waals surface area contributed by atoms with Gasteiger partial charge in [0, 0.05) is 43.6 Å². The predicted octanol–water partition coefficient (Wildman–Crippen LogP) is 3.48. The second-order valence-corrected chi connectivity index (χ2v) is 9.40. The number of amides is 1. The highest BCUT2D eigenvalue weighted by Gasteiger charge is 2.30. The summed E-state index contributed by atoms with van der Waals surface area (Å²) in [4.78, 5) is 15.1. The number of furan rings is 1. The number of allylic oxidation sites excluding steroid dienone is 1. The van der Waals surface area contributed by atoms with Crippen molar-refractivity contribution in [3.63, 3.8) is 0 Å².